The normalized spacial score (nSPS) is 10.2. The van der Waals surface area contributed by atoms with Crippen molar-refractivity contribution < 1.29 is 19.1 Å². The van der Waals surface area contributed by atoms with E-state index in [0.29, 0.717) is 11.4 Å². The largest absolute Gasteiger partial charge is 0.452 e. The fraction of sp³-hybridized carbons (Fsp3) is 0.200. The van der Waals surface area contributed by atoms with Crippen molar-refractivity contribution in [3.05, 3.63) is 47.3 Å². The number of imide groups is 1. The molecule has 8 nitrogen and oxygen atoms in total. The maximum atomic E-state index is 12.1. The Kier molecular flexibility index (Phi) is 4.75. The molecule has 0 fully saturated rings. The van der Waals surface area contributed by atoms with Crippen molar-refractivity contribution in [2.24, 2.45) is 5.73 Å². The number of aryl methyl sites for hydroxylation is 1. The average Bonchev–Trinajstić information content (AvgIpc) is 2.80. The van der Waals surface area contributed by atoms with Crippen LogP contribution in [-0.4, -0.2) is 34.3 Å². The van der Waals surface area contributed by atoms with Crippen LogP contribution in [-0.2, 0) is 9.53 Å². The Balaban J connectivity index is 2.17. The fourth-order valence-electron chi connectivity index (χ4n) is 2.14. The number of primary amides is 1. The number of carbonyl (C=O) groups is 3. The maximum absolute atomic E-state index is 12.1. The zero-order valence-corrected chi connectivity index (χ0v) is 12.7. The number of aromatic nitrogens is 2. The number of hydrogen-bond donors (Lipinski definition) is 2. The molecule has 0 aliphatic carbocycles. The van der Waals surface area contributed by atoms with Gasteiger partial charge in [0.2, 0.25) is 0 Å². The van der Waals surface area contributed by atoms with Crippen LogP contribution in [0.5, 0.6) is 0 Å². The first-order valence-corrected chi connectivity index (χ1v) is 6.78. The number of rotatable bonds is 4. The lowest BCUT2D eigenvalue weighted by Crippen LogP contribution is -2.37. The number of nitrogens with two attached hydrogens (primary N) is 1. The fourth-order valence-corrected chi connectivity index (χ4v) is 2.14. The molecule has 0 bridgehead atoms. The highest BCUT2D eigenvalue weighted by atomic mass is 16.5. The highest BCUT2D eigenvalue weighted by Crippen LogP contribution is 2.18. The Morgan fingerprint density at radius 1 is 1.22 bits per heavy atom. The van der Waals surface area contributed by atoms with Gasteiger partial charge in [0.1, 0.15) is 5.56 Å². The van der Waals surface area contributed by atoms with Crippen LogP contribution < -0.4 is 11.1 Å². The third-order valence-corrected chi connectivity index (χ3v) is 3.09. The standard InChI is InChI=1S/C15H16N4O4/c1-9-13(14(21)23-8-12(20)17-15(16)22)10(2)19(18-9)11-6-4-3-5-7-11/h3-7H,8H2,1-2H3,(H3,16,17,20,22). The molecule has 0 unspecified atom stereocenters. The van der Waals surface area contributed by atoms with E-state index in [9.17, 15) is 14.4 Å². The number of hydrogen-bond acceptors (Lipinski definition) is 5. The number of urea groups is 1. The molecule has 2 rings (SSSR count). The third kappa shape index (κ3) is 3.73. The summed E-state index contributed by atoms with van der Waals surface area (Å²) in [5.74, 6) is -1.49. The summed E-state index contributed by atoms with van der Waals surface area (Å²) in [5.41, 5.74) is 6.95. The predicted octanol–water partition coefficient (Wildman–Crippen LogP) is 0.841. The van der Waals surface area contributed by atoms with Gasteiger partial charge in [0, 0.05) is 0 Å². The minimum atomic E-state index is -1.00. The lowest BCUT2D eigenvalue weighted by atomic mass is 10.2. The van der Waals surface area contributed by atoms with E-state index in [1.807, 2.05) is 35.6 Å². The molecule has 23 heavy (non-hydrogen) atoms. The molecule has 0 aliphatic heterocycles. The summed E-state index contributed by atoms with van der Waals surface area (Å²) in [6, 6.07) is 8.30. The molecule has 8 heteroatoms. The van der Waals surface area contributed by atoms with Gasteiger partial charge in [-0.2, -0.15) is 5.10 Å². The van der Waals surface area contributed by atoms with Gasteiger partial charge in [0.15, 0.2) is 6.61 Å². The average molecular weight is 316 g/mol. The Labute approximate surface area is 132 Å². The van der Waals surface area contributed by atoms with Gasteiger partial charge in [0.05, 0.1) is 17.1 Å². The summed E-state index contributed by atoms with van der Waals surface area (Å²) >= 11 is 0. The van der Waals surface area contributed by atoms with Gasteiger partial charge in [-0.3, -0.25) is 10.1 Å². The first kappa shape index (κ1) is 16.2. The summed E-state index contributed by atoms with van der Waals surface area (Å²) in [7, 11) is 0. The van der Waals surface area contributed by atoms with Crippen LogP contribution in [0.2, 0.25) is 0 Å². The van der Waals surface area contributed by atoms with Crippen LogP contribution in [0.4, 0.5) is 4.79 Å². The number of amides is 3. The summed E-state index contributed by atoms with van der Waals surface area (Å²) in [4.78, 5) is 34.0. The molecule has 0 radical (unpaired) electrons. The Bertz CT molecular complexity index is 752. The molecule has 120 valence electrons. The lowest BCUT2D eigenvalue weighted by Gasteiger charge is -2.06. The van der Waals surface area contributed by atoms with Gasteiger partial charge >= 0.3 is 12.0 Å². The number of nitrogens with zero attached hydrogens (tertiary/aromatic N) is 2. The van der Waals surface area contributed by atoms with Crippen molar-refractivity contribution in [2.45, 2.75) is 13.8 Å². The van der Waals surface area contributed by atoms with Crippen molar-refractivity contribution in [3.8, 4) is 5.69 Å². The highest BCUT2D eigenvalue weighted by molar-refractivity contribution is 5.97. The van der Waals surface area contributed by atoms with Crippen molar-refractivity contribution in [1.82, 2.24) is 15.1 Å². The van der Waals surface area contributed by atoms with E-state index in [2.05, 4.69) is 5.10 Å². The number of para-hydroxylation sites is 1. The number of nitrogens with one attached hydrogen (secondary N) is 1. The van der Waals surface area contributed by atoms with E-state index in [1.165, 1.54) is 0 Å². The zero-order chi connectivity index (χ0) is 17.0. The summed E-state index contributed by atoms with van der Waals surface area (Å²) in [6.07, 6.45) is 0. The van der Waals surface area contributed by atoms with Crippen molar-refractivity contribution >= 4 is 17.9 Å². The highest BCUT2D eigenvalue weighted by Gasteiger charge is 2.21. The van der Waals surface area contributed by atoms with Gasteiger partial charge in [0.25, 0.3) is 5.91 Å². The molecule has 0 aliphatic rings. The maximum Gasteiger partial charge on any atom is 0.342 e. The van der Waals surface area contributed by atoms with Crippen LogP contribution >= 0.6 is 0 Å². The van der Waals surface area contributed by atoms with Crippen LogP contribution in [0.3, 0.4) is 0 Å². The van der Waals surface area contributed by atoms with Gasteiger partial charge in [-0.25, -0.2) is 14.3 Å². The summed E-state index contributed by atoms with van der Waals surface area (Å²) in [5, 5.41) is 6.13. The number of benzene rings is 1. The lowest BCUT2D eigenvalue weighted by molar-refractivity contribution is -0.123. The predicted molar refractivity (Wildman–Crippen MR) is 81.0 cm³/mol. The van der Waals surface area contributed by atoms with Crippen LogP contribution in [0.25, 0.3) is 5.69 Å². The molecule has 0 spiro atoms. The molecule has 0 saturated heterocycles. The van der Waals surface area contributed by atoms with E-state index in [4.69, 9.17) is 10.5 Å². The Morgan fingerprint density at radius 3 is 2.48 bits per heavy atom. The van der Waals surface area contributed by atoms with Crippen LogP contribution in [0.15, 0.2) is 30.3 Å². The van der Waals surface area contributed by atoms with E-state index < -0.39 is 24.5 Å². The minimum Gasteiger partial charge on any atom is -0.452 e. The number of esters is 1. The van der Waals surface area contributed by atoms with Crippen molar-refractivity contribution in [2.75, 3.05) is 6.61 Å². The molecule has 1 aromatic heterocycles. The quantitative estimate of drug-likeness (QED) is 0.811. The molecule has 3 amide bonds. The van der Waals surface area contributed by atoms with Gasteiger partial charge in [-0.1, -0.05) is 18.2 Å². The second-order valence-electron chi connectivity index (χ2n) is 4.78. The molecule has 2 aromatic rings. The Morgan fingerprint density at radius 2 is 1.87 bits per heavy atom. The second kappa shape index (κ2) is 6.73. The molecule has 1 aromatic carbocycles. The number of ether oxygens (including phenoxy) is 1. The van der Waals surface area contributed by atoms with Crippen molar-refractivity contribution in [3.63, 3.8) is 0 Å². The molecular formula is C15H16N4O4. The topological polar surface area (TPSA) is 116 Å². The van der Waals surface area contributed by atoms with E-state index in [1.54, 1.807) is 18.5 Å². The SMILES string of the molecule is Cc1nn(-c2ccccc2)c(C)c1C(=O)OCC(=O)NC(N)=O. The zero-order valence-electron chi connectivity index (χ0n) is 12.7. The minimum absolute atomic E-state index is 0.278. The van der Waals surface area contributed by atoms with Gasteiger partial charge < -0.3 is 10.5 Å². The van der Waals surface area contributed by atoms with Crippen molar-refractivity contribution in [1.29, 1.82) is 0 Å². The molecule has 0 saturated carbocycles. The summed E-state index contributed by atoms with van der Waals surface area (Å²) < 4.78 is 6.51. The molecule has 3 N–H and O–H groups in total. The monoisotopic (exact) mass is 316 g/mol. The van der Waals surface area contributed by atoms with E-state index >= 15 is 0 Å². The second-order valence-corrected chi connectivity index (χ2v) is 4.78. The Hall–Kier alpha value is -3.16. The van der Waals surface area contributed by atoms with Gasteiger partial charge in [-0.15, -0.1) is 0 Å². The smallest absolute Gasteiger partial charge is 0.342 e. The van der Waals surface area contributed by atoms with E-state index in [0.717, 1.165) is 5.69 Å². The molecule has 1 heterocycles. The number of carbonyl (C=O) groups excluding carboxylic acids is 3. The third-order valence-electron chi connectivity index (χ3n) is 3.09. The molecule has 0 atom stereocenters. The first-order valence-electron chi connectivity index (χ1n) is 6.78. The van der Waals surface area contributed by atoms with E-state index in [-0.39, 0.29) is 5.56 Å². The van der Waals surface area contributed by atoms with Crippen LogP contribution in [0.1, 0.15) is 21.7 Å². The van der Waals surface area contributed by atoms with Crippen LogP contribution in [0, 0.1) is 13.8 Å². The molecular weight excluding hydrogens is 300 g/mol. The first-order chi connectivity index (χ1) is 10.9. The van der Waals surface area contributed by atoms with Gasteiger partial charge in [-0.05, 0) is 26.0 Å². The summed E-state index contributed by atoms with van der Waals surface area (Å²) in [6.45, 7) is 2.80.